The number of benzene rings is 1. The predicted octanol–water partition coefficient (Wildman–Crippen LogP) is 4.74. The van der Waals surface area contributed by atoms with Crippen LogP contribution in [0.5, 0.6) is 0 Å². The Kier molecular flexibility index (Phi) is 7.06. The maximum absolute atomic E-state index is 12.8. The minimum Gasteiger partial charge on any atom is -0.343 e. The lowest BCUT2D eigenvalue weighted by Gasteiger charge is -2.13. The van der Waals surface area contributed by atoms with E-state index < -0.39 is 23.6 Å². The Morgan fingerprint density at radius 3 is 2.48 bits per heavy atom. The van der Waals surface area contributed by atoms with Gasteiger partial charge >= 0.3 is 6.18 Å². The Morgan fingerprint density at radius 2 is 1.88 bits per heavy atom. The molecule has 0 radical (unpaired) electrons. The van der Waals surface area contributed by atoms with Crippen molar-refractivity contribution in [3.8, 4) is 5.82 Å². The average Bonchev–Trinajstić information content (AvgIpc) is 3.20. The fourth-order valence-corrected chi connectivity index (χ4v) is 3.32. The van der Waals surface area contributed by atoms with Crippen molar-refractivity contribution >= 4 is 29.1 Å². The molecule has 0 unspecified atom stereocenters. The Morgan fingerprint density at radius 1 is 1.15 bits per heavy atom. The number of halogens is 4. The van der Waals surface area contributed by atoms with Gasteiger partial charge in [-0.15, -0.1) is 0 Å². The standard InChI is InChI=1S/C22H21ClF3N5O2/c1-12(2)20-15(10-29-31(20)18-8-7-14(9-27-18)22(24,25)26)21(33)28-11-19(32)30-17-6-4-5-16(23)13(17)3/h4-10,12H,11H2,1-3H3,(H,28,33)(H,30,32). The van der Waals surface area contributed by atoms with Crippen LogP contribution in [0.1, 0.15) is 46.9 Å². The third kappa shape index (κ3) is 5.51. The van der Waals surface area contributed by atoms with E-state index in [4.69, 9.17) is 11.6 Å². The number of alkyl halides is 3. The summed E-state index contributed by atoms with van der Waals surface area (Å²) in [6.07, 6.45) is -2.50. The fourth-order valence-electron chi connectivity index (χ4n) is 3.14. The first kappa shape index (κ1) is 24.2. The van der Waals surface area contributed by atoms with Gasteiger partial charge in [0.05, 0.1) is 29.6 Å². The average molecular weight is 480 g/mol. The summed E-state index contributed by atoms with van der Waals surface area (Å²) in [6.45, 7) is 5.08. The topological polar surface area (TPSA) is 88.9 Å². The monoisotopic (exact) mass is 479 g/mol. The second-order valence-electron chi connectivity index (χ2n) is 7.56. The highest BCUT2D eigenvalue weighted by molar-refractivity contribution is 6.31. The van der Waals surface area contributed by atoms with Crippen molar-refractivity contribution in [3.63, 3.8) is 0 Å². The Balaban J connectivity index is 1.75. The van der Waals surface area contributed by atoms with Crippen LogP contribution in [0.15, 0.2) is 42.7 Å². The van der Waals surface area contributed by atoms with Crippen LogP contribution < -0.4 is 10.6 Å². The summed E-state index contributed by atoms with van der Waals surface area (Å²) in [5, 5.41) is 9.85. The first-order chi connectivity index (χ1) is 15.5. The molecule has 7 nitrogen and oxygen atoms in total. The third-order valence-electron chi connectivity index (χ3n) is 4.84. The highest BCUT2D eigenvalue weighted by atomic mass is 35.5. The summed E-state index contributed by atoms with van der Waals surface area (Å²) in [5.41, 5.74) is 0.991. The number of rotatable bonds is 6. The molecule has 2 heterocycles. The lowest BCUT2D eigenvalue weighted by atomic mass is 10.1. The molecule has 174 valence electrons. The molecule has 2 aromatic heterocycles. The van der Waals surface area contributed by atoms with Crippen LogP contribution in [0.4, 0.5) is 18.9 Å². The Hall–Kier alpha value is -3.40. The lowest BCUT2D eigenvalue weighted by molar-refractivity contribution is -0.137. The van der Waals surface area contributed by atoms with Crippen LogP contribution in [-0.4, -0.2) is 33.1 Å². The normalized spacial score (nSPS) is 11.5. The smallest absolute Gasteiger partial charge is 0.343 e. The molecule has 0 aliphatic heterocycles. The van der Waals surface area contributed by atoms with Crippen LogP contribution in [0.25, 0.3) is 5.82 Å². The molecular weight excluding hydrogens is 459 g/mol. The minimum absolute atomic E-state index is 0.139. The van der Waals surface area contributed by atoms with Crippen molar-refractivity contribution in [2.24, 2.45) is 0 Å². The molecule has 0 saturated carbocycles. The van der Waals surface area contributed by atoms with E-state index in [1.54, 1.807) is 25.1 Å². The first-order valence-electron chi connectivity index (χ1n) is 9.93. The fraction of sp³-hybridized carbons (Fsp3) is 0.273. The van der Waals surface area contributed by atoms with E-state index in [9.17, 15) is 22.8 Å². The van der Waals surface area contributed by atoms with Gasteiger partial charge in [0.25, 0.3) is 5.91 Å². The largest absolute Gasteiger partial charge is 0.417 e. The molecule has 3 rings (SSSR count). The molecule has 11 heteroatoms. The first-order valence-corrected chi connectivity index (χ1v) is 10.3. The van der Waals surface area contributed by atoms with Crippen LogP contribution in [0.3, 0.4) is 0 Å². The zero-order valence-electron chi connectivity index (χ0n) is 18.0. The molecule has 0 saturated heterocycles. The number of aromatic nitrogens is 3. The van der Waals surface area contributed by atoms with Crippen LogP contribution in [0, 0.1) is 6.92 Å². The summed E-state index contributed by atoms with van der Waals surface area (Å²) in [7, 11) is 0. The summed E-state index contributed by atoms with van der Waals surface area (Å²) in [5.74, 6) is -1.06. The number of anilines is 1. The SMILES string of the molecule is Cc1c(Cl)cccc1NC(=O)CNC(=O)c1cnn(-c2ccc(C(F)(F)F)cn2)c1C(C)C. The minimum atomic E-state index is -4.51. The number of nitrogens with one attached hydrogen (secondary N) is 2. The molecule has 2 N–H and O–H groups in total. The van der Waals surface area contributed by atoms with Crippen molar-refractivity contribution in [2.75, 3.05) is 11.9 Å². The van der Waals surface area contributed by atoms with Gasteiger partial charge < -0.3 is 10.6 Å². The lowest BCUT2D eigenvalue weighted by Crippen LogP contribution is -2.33. The van der Waals surface area contributed by atoms with E-state index in [-0.39, 0.29) is 23.8 Å². The van der Waals surface area contributed by atoms with Crippen molar-refractivity contribution in [1.82, 2.24) is 20.1 Å². The zero-order chi connectivity index (χ0) is 24.3. The summed E-state index contributed by atoms with van der Waals surface area (Å²) >= 11 is 6.04. The van der Waals surface area contributed by atoms with Gasteiger partial charge in [0.2, 0.25) is 5.91 Å². The maximum Gasteiger partial charge on any atom is 0.417 e. The number of hydrogen-bond donors (Lipinski definition) is 2. The molecule has 0 fully saturated rings. The van der Waals surface area contributed by atoms with Gasteiger partial charge in [-0.3, -0.25) is 9.59 Å². The number of carbonyl (C=O) groups excluding carboxylic acids is 2. The second-order valence-corrected chi connectivity index (χ2v) is 7.96. The molecule has 33 heavy (non-hydrogen) atoms. The van der Waals surface area contributed by atoms with Gasteiger partial charge in [-0.25, -0.2) is 9.67 Å². The predicted molar refractivity (Wildman–Crippen MR) is 118 cm³/mol. The van der Waals surface area contributed by atoms with Crippen LogP contribution >= 0.6 is 11.6 Å². The molecule has 0 spiro atoms. The van der Waals surface area contributed by atoms with Crippen molar-refractivity contribution < 1.29 is 22.8 Å². The van der Waals surface area contributed by atoms with E-state index >= 15 is 0 Å². The van der Waals surface area contributed by atoms with Gasteiger partial charge in [0.15, 0.2) is 5.82 Å². The number of amides is 2. The molecule has 2 amide bonds. The van der Waals surface area contributed by atoms with Gasteiger partial charge in [-0.05, 0) is 42.7 Å². The molecule has 0 aliphatic carbocycles. The van der Waals surface area contributed by atoms with E-state index in [2.05, 4.69) is 20.7 Å². The number of carbonyl (C=O) groups is 2. The van der Waals surface area contributed by atoms with E-state index in [0.717, 1.165) is 6.07 Å². The van der Waals surface area contributed by atoms with Crippen LogP contribution in [0.2, 0.25) is 5.02 Å². The maximum atomic E-state index is 12.8. The molecule has 1 aromatic carbocycles. The highest BCUT2D eigenvalue weighted by Gasteiger charge is 2.31. The third-order valence-corrected chi connectivity index (χ3v) is 5.25. The number of pyridine rings is 1. The summed E-state index contributed by atoms with van der Waals surface area (Å²) in [6, 6.07) is 7.17. The molecule has 3 aromatic rings. The van der Waals surface area contributed by atoms with Gasteiger partial charge in [0, 0.05) is 16.9 Å². The van der Waals surface area contributed by atoms with Crippen LogP contribution in [-0.2, 0) is 11.0 Å². The molecule has 0 bridgehead atoms. The van der Waals surface area contributed by atoms with E-state index in [1.165, 1.54) is 16.9 Å². The van der Waals surface area contributed by atoms with E-state index in [1.807, 2.05) is 13.8 Å². The van der Waals surface area contributed by atoms with Crippen molar-refractivity contribution in [2.45, 2.75) is 32.9 Å². The van der Waals surface area contributed by atoms with Crippen molar-refractivity contribution in [1.29, 1.82) is 0 Å². The molecular formula is C22H21ClF3N5O2. The summed E-state index contributed by atoms with van der Waals surface area (Å²) < 4.78 is 39.8. The molecule has 0 atom stereocenters. The zero-order valence-corrected chi connectivity index (χ0v) is 18.8. The van der Waals surface area contributed by atoms with Gasteiger partial charge in [-0.2, -0.15) is 18.3 Å². The number of nitrogens with zero attached hydrogens (tertiary/aromatic N) is 3. The van der Waals surface area contributed by atoms with Gasteiger partial charge in [0.1, 0.15) is 0 Å². The van der Waals surface area contributed by atoms with Gasteiger partial charge in [-0.1, -0.05) is 31.5 Å². The number of hydrogen-bond acceptors (Lipinski definition) is 4. The van der Waals surface area contributed by atoms with Crippen molar-refractivity contribution in [3.05, 3.63) is 70.1 Å². The second kappa shape index (κ2) is 9.62. The highest BCUT2D eigenvalue weighted by Crippen LogP contribution is 2.29. The quantitative estimate of drug-likeness (QED) is 0.534. The Labute approximate surface area is 193 Å². The Bertz CT molecular complexity index is 1170. The summed E-state index contributed by atoms with van der Waals surface area (Å²) in [4.78, 5) is 28.9. The molecule has 0 aliphatic rings. The van der Waals surface area contributed by atoms with E-state index in [0.29, 0.717) is 28.2 Å².